The van der Waals surface area contributed by atoms with Crippen LogP contribution in [0.3, 0.4) is 0 Å². The van der Waals surface area contributed by atoms with Crippen LogP contribution in [0.4, 0.5) is 0 Å². The molecule has 1 unspecified atom stereocenters. The van der Waals surface area contributed by atoms with Gasteiger partial charge in [-0.25, -0.2) is 0 Å². The van der Waals surface area contributed by atoms with Crippen molar-refractivity contribution in [2.45, 2.75) is 40.2 Å². The molecule has 1 aromatic rings. The van der Waals surface area contributed by atoms with Gasteiger partial charge in [0.25, 0.3) is 5.91 Å². The molecule has 0 bridgehead atoms. The molecule has 3 heteroatoms. The van der Waals surface area contributed by atoms with E-state index in [1.807, 2.05) is 32.2 Å². The summed E-state index contributed by atoms with van der Waals surface area (Å²) in [5, 5.41) is 8.74. The first kappa shape index (κ1) is 17.3. The van der Waals surface area contributed by atoms with Gasteiger partial charge in [-0.05, 0) is 43.5 Å². The highest BCUT2D eigenvalue weighted by molar-refractivity contribution is 5.94. The molecule has 0 aromatic heterocycles. The Kier molecular flexibility index (Phi) is 6.45. The van der Waals surface area contributed by atoms with Crippen molar-refractivity contribution in [3.05, 3.63) is 34.9 Å². The number of hydrogen-bond acceptors (Lipinski definition) is 2. The standard InChI is InChI=1S/C18H25NO2/c1-13(2)15(4)19(5)18(21)17-10-9-16(14(3)12-17)8-6-7-11-20/h9-10,12-13,15,20H,7,11H2,1-5H3. The van der Waals surface area contributed by atoms with Gasteiger partial charge in [0.1, 0.15) is 0 Å². The lowest BCUT2D eigenvalue weighted by Gasteiger charge is -2.28. The maximum Gasteiger partial charge on any atom is 0.253 e. The monoisotopic (exact) mass is 287 g/mol. The molecular weight excluding hydrogens is 262 g/mol. The largest absolute Gasteiger partial charge is 0.395 e. The van der Waals surface area contributed by atoms with Gasteiger partial charge in [0.15, 0.2) is 0 Å². The number of nitrogens with zero attached hydrogens (tertiary/aromatic N) is 1. The molecular formula is C18H25NO2. The third kappa shape index (κ3) is 4.61. The lowest BCUT2D eigenvalue weighted by molar-refractivity contribution is 0.0707. The second-order valence-electron chi connectivity index (χ2n) is 5.71. The van der Waals surface area contributed by atoms with Crippen LogP contribution in [-0.2, 0) is 0 Å². The maximum absolute atomic E-state index is 12.5. The van der Waals surface area contributed by atoms with Crippen LogP contribution in [0, 0.1) is 24.7 Å². The highest BCUT2D eigenvalue weighted by Crippen LogP contribution is 2.15. The minimum absolute atomic E-state index is 0.0363. The van der Waals surface area contributed by atoms with Crippen molar-refractivity contribution in [2.75, 3.05) is 13.7 Å². The van der Waals surface area contributed by atoms with E-state index < -0.39 is 0 Å². The molecule has 114 valence electrons. The number of aliphatic hydroxyl groups excluding tert-OH is 1. The number of hydrogen-bond donors (Lipinski definition) is 1. The molecule has 0 aliphatic rings. The van der Waals surface area contributed by atoms with Gasteiger partial charge in [-0.1, -0.05) is 25.7 Å². The number of carbonyl (C=O) groups excluding carboxylic acids is 1. The molecule has 0 saturated carbocycles. The van der Waals surface area contributed by atoms with Gasteiger partial charge in [-0.15, -0.1) is 0 Å². The van der Waals surface area contributed by atoms with Gasteiger partial charge < -0.3 is 10.0 Å². The van der Waals surface area contributed by atoms with Crippen LogP contribution in [0.2, 0.25) is 0 Å². The van der Waals surface area contributed by atoms with Crippen LogP contribution in [-0.4, -0.2) is 35.6 Å². The molecule has 1 rings (SSSR count). The van der Waals surface area contributed by atoms with E-state index in [4.69, 9.17) is 5.11 Å². The molecule has 0 saturated heterocycles. The van der Waals surface area contributed by atoms with E-state index in [2.05, 4.69) is 32.6 Å². The van der Waals surface area contributed by atoms with E-state index >= 15 is 0 Å². The smallest absolute Gasteiger partial charge is 0.253 e. The fraction of sp³-hybridized carbons (Fsp3) is 0.500. The summed E-state index contributed by atoms with van der Waals surface area (Å²) in [5.41, 5.74) is 2.58. The van der Waals surface area contributed by atoms with Crippen LogP contribution >= 0.6 is 0 Å². The zero-order valence-electron chi connectivity index (χ0n) is 13.6. The zero-order valence-corrected chi connectivity index (χ0v) is 13.6. The quantitative estimate of drug-likeness (QED) is 0.865. The van der Waals surface area contributed by atoms with Gasteiger partial charge in [0.05, 0.1) is 6.61 Å². The van der Waals surface area contributed by atoms with Crippen LogP contribution in [0.25, 0.3) is 0 Å². The third-order valence-electron chi connectivity index (χ3n) is 3.83. The number of rotatable bonds is 4. The van der Waals surface area contributed by atoms with Crippen LogP contribution in [0.15, 0.2) is 18.2 Å². The van der Waals surface area contributed by atoms with Crippen molar-refractivity contribution >= 4 is 5.91 Å². The Morgan fingerprint density at radius 2 is 2.00 bits per heavy atom. The Morgan fingerprint density at radius 1 is 1.33 bits per heavy atom. The molecule has 0 radical (unpaired) electrons. The Bertz CT molecular complexity index is 552. The number of amides is 1. The molecule has 1 amide bonds. The molecule has 0 fully saturated rings. The summed E-state index contributed by atoms with van der Waals surface area (Å²) in [5.74, 6) is 6.37. The number of benzene rings is 1. The topological polar surface area (TPSA) is 40.5 Å². The predicted octanol–water partition coefficient (Wildman–Crippen LogP) is 2.85. The molecule has 21 heavy (non-hydrogen) atoms. The minimum Gasteiger partial charge on any atom is -0.395 e. The molecule has 0 aliphatic heterocycles. The summed E-state index contributed by atoms with van der Waals surface area (Å²) in [6.07, 6.45) is 0.467. The van der Waals surface area contributed by atoms with E-state index in [0.29, 0.717) is 17.9 Å². The first-order chi connectivity index (χ1) is 9.88. The van der Waals surface area contributed by atoms with Crippen molar-refractivity contribution in [3.63, 3.8) is 0 Å². The van der Waals surface area contributed by atoms with Crippen molar-refractivity contribution in [3.8, 4) is 11.8 Å². The Hall–Kier alpha value is -1.79. The second-order valence-corrected chi connectivity index (χ2v) is 5.71. The molecule has 1 aromatic carbocycles. The second kappa shape index (κ2) is 7.85. The highest BCUT2D eigenvalue weighted by atomic mass is 16.2. The van der Waals surface area contributed by atoms with Crippen molar-refractivity contribution in [1.82, 2.24) is 4.90 Å². The SMILES string of the molecule is Cc1cc(C(=O)N(C)C(C)C(C)C)ccc1C#CCCO. The van der Waals surface area contributed by atoms with E-state index in [1.165, 1.54) is 0 Å². The van der Waals surface area contributed by atoms with E-state index in [1.54, 1.807) is 4.90 Å². The Labute approximate surface area is 128 Å². The Morgan fingerprint density at radius 3 is 2.52 bits per heavy atom. The molecule has 3 nitrogen and oxygen atoms in total. The number of carbonyl (C=O) groups is 1. The first-order valence-electron chi connectivity index (χ1n) is 7.36. The maximum atomic E-state index is 12.5. The van der Waals surface area contributed by atoms with Crippen molar-refractivity contribution in [2.24, 2.45) is 5.92 Å². The molecule has 1 atom stereocenters. The Balaban J connectivity index is 2.94. The lowest BCUT2D eigenvalue weighted by atomic mass is 10.0. The van der Waals surface area contributed by atoms with Crippen molar-refractivity contribution in [1.29, 1.82) is 0 Å². The van der Waals surface area contributed by atoms with Gasteiger partial charge in [-0.2, -0.15) is 0 Å². The first-order valence-corrected chi connectivity index (χ1v) is 7.36. The average Bonchev–Trinajstić information content (AvgIpc) is 2.46. The highest BCUT2D eigenvalue weighted by Gasteiger charge is 2.20. The summed E-state index contributed by atoms with van der Waals surface area (Å²) < 4.78 is 0. The minimum atomic E-state index is 0.0363. The molecule has 0 aliphatic carbocycles. The fourth-order valence-electron chi connectivity index (χ4n) is 1.99. The summed E-state index contributed by atoms with van der Waals surface area (Å²) in [6.45, 7) is 8.30. The predicted molar refractivity (Wildman–Crippen MR) is 86.2 cm³/mol. The summed E-state index contributed by atoms with van der Waals surface area (Å²) in [6, 6.07) is 5.78. The van der Waals surface area contributed by atoms with Gasteiger partial charge >= 0.3 is 0 Å². The number of aliphatic hydroxyl groups is 1. The van der Waals surface area contributed by atoms with Crippen molar-refractivity contribution < 1.29 is 9.90 Å². The lowest BCUT2D eigenvalue weighted by Crippen LogP contribution is -2.38. The third-order valence-corrected chi connectivity index (χ3v) is 3.83. The zero-order chi connectivity index (χ0) is 16.0. The fourth-order valence-corrected chi connectivity index (χ4v) is 1.99. The van der Waals surface area contributed by atoms with E-state index in [0.717, 1.165) is 11.1 Å². The van der Waals surface area contributed by atoms with E-state index in [9.17, 15) is 4.79 Å². The van der Waals surface area contributed by atoms with Gasteiger partial charge in [0, 0.05) is 30.6 Å². The van der Waals surface area contributed by atoms with Gasteiger partial charge in [-0.3, -0.25) is 4.79 Å². The summed E-state index contributed by atoms with van der Waals surface area (Å²) in [4.78, 5) is 14.3. The molecule has 0 spiro atoms. The summed E-state index contributed by atoms with van der Waals surface area (Å²) >= 11 is 0. The van der Waals surface area contributed by atoms with Gasteiger partial charge in [0.2, 0.25) is 0 Å². The van der Waals surface area contributed by atoms with Crippen LogP contribution < -0.4 is 0 Å². The van der Waals surface area contributed by atoms with Crippen LogP contribution in [0.5, 0.6) is 0 Å². The van der Waals surface area contributed by atoms with Crippen LogP contribution in [0.1, 0.15) is 48.7 Å². The normalized spacial score (nSPS) is 11.8. The molecule has 1 N–H and O–H groups in total. The average molecular weight is 287 g/mol. The van der Waals surface area contributed by atoms with E-state index in [-0.39, 0.29) is 18.6 Å². The summed E-state index contributed by atoms with van der Waals surface area (Å²) in [7, 11) is 1.84. The number of aryl methyl sites for hydroxylation is 1. The molecule has 0 heterocycles.